The Morgan fingerprint density at radius 2 is 1.72 bits per heavy atom. The van der Waals surface area contributed by atoms with Gasteiger partial charge in [-0.25, -0.2) is 14.4 Å². The van der Waals surface area contributed by atoms with E-state index in [1.54, 1.807) is 12.3 Å². The van der Waals surface area contributed by atoms with Crippen LogP contribution < -0.4 is 10.2 Å². The molecule has 1 amide bonds. The molecule has 5 rings (SSSR count). The first-order valence-corrected chi connectivity index (χ1v) is 11.8. The predicted molar refractivity (Wildman–Crippen MR) is 139 cm³/mol. The summed E-state index contributed by atoms with van der Waals surface area (Å²) in [7, 11) is 0. The van der Waals surface area contributed by atoms with Crippen LogP contribution in [0.4, 0.5) is 15.9 Å². The largest absolute Gasteiger partial charge is 0.467 e. The molecule has 180 valence electrons. The average Bonchev–Trinajstić information content (AvgIpc) is 3.41. The van der Waals surface area contributed by atoms with E-state index in [0.29, 0.717) is 35.4 Å². The van der Waals surface area contributed by atoms with Gasteiger partial charge in [0.2, 0.25) is 5.91 Å². The molecule has 2 heterocycles. The molecule has 5 aromatic rings. The normalized spacial score (nSPS) is 10.9. The smallest absolute Gasteiger partial charge is 0.226 e. The first-order chi connectivity index (χ1) is 17.6. The van der Waals surface area contributed by atoms with Crippen molar-refractivity contribution in [1.29, 1.82) is 0 Å². The summed E-state index contributed by atoms with van der Waals surface area (Å²) in [6.45, 7) is 0.760. The SMILES string of the molecule is O=C(CCN(Cc1ccco1)c1nc(-c2ccccc2Cl)nc2ccccc12)Nc1ccc(F)cc1. The molecule has 0 spiro atoms. The van der Waals surface area contributed by atoms with Crippen LogP contribution in [0.15, 0.2) is 95.6 Å². The highest BCUT2D eigenvalue weighted by molar-refractivity contribution is 6.33. The van der Waals surface area contributed by atoms with Crippen molar-refractivity contribution in [2.45, 2.75) is 13.0 Å². The molecule has 0 aliphatic heterocycles. The van der Waals surface area contributed by atoms with Crippen LogP contribution in [-0.2, 0) is 11.3 Å². The number of para-hydroxylation sites is 1. The zero-order valence-corrected chi connectivity index (χ0v) is 20.0. The van der Waals surface area contributed by atoms with E-state index in [4.69, 9.17) is 26.0 Å². The van der Waals surface area contributed by atoms with Crippen LogP contribution in [0.2, 0.25) is 5.02 Å². The fraction of sp³-hybridized carbons (Fsp3) is 0.107. The van der Waals surface area contributed by atoms with Crippen molar-refractivity contribution in [3.63, 3.8) is 0 Å². The second-order valence-corrected chi connectivity index (χ2v) is 8.58. The maximum Gasteiger partial charge on any atom is 0.226 e. The van der Waals surface area contributed by atoms with Gasteiger partial charge in [0, 0.05) is 29.6 Å². The molecule has 0 aliphatic carbocycles. The molecule has 0 radical (unpaired) electrons. The minimum Gasteiger partial charge on any atom is -0.467 e. The third-order valence-corrected chi connectivity index (χ3v) is 5.99. The molecule has 0 saturated heterocycles. The summed E-state index contributed by atoms with van der Waals surface area (Å²) in [6, 6.07) is 24.5. The Labute approximate surface area is 212 Å². The summed E-state index contributed by atoms with van der Waals surface area (Å²) in [5, 5.41) is 4.21. The second-order valence-electron chi connectivity index (χ2n) is 8.17. The number of halogens is 2. The highest BCUT2D eigenvalue weighted by Gasteiger charge is 2.19. The molecule has 0 saturated carbocycles. The maximum absolute atomic E-state index is 13.2. The van der Waals surface area contributed by atoms with Crippen molar-refractivity contribution in [1.82, 2.24) is 9.97 Å². The lowest BCUT2D eigenvalue weighted by Gasteiger charge is -2.24. The zero-order chi connectivity index (χ0) is 24.9. The lowest BCUT2D eigenvalue weighted by molar-refractivity contribution is -0.116. The van der Waals surface area contributed by atoms with Gasteiger partial charge in [-0.3, -0.25) is 4.79 Å². The standard InChI is InChI=1S/C28H22ClFN4O2/c29-24-9-3-1-7-22(24)27-32-25-10-4-2-8-23(25)28(33-27)34(18-21-6-5-17-36-21)16-15-26(35)31-20-13-11-19(30)12-14-20/h1-14,17H,15-16,18H2,(H,31,35). The number of aromatic nitrogens is 2. The number of carbonyl (C=O) groups is 1. The van der Waals surface area contributed by atoms with E-state index in [-0.39, 0.29) is 18.1 Å². The van der Waals surface area contributed by atoms with Gasteiger partial charge in [0.25, 0.3) is 0 Å². The van der Waals surface area contributed by atoms with Crippen molar-refractivity contribution < 1.29 is 13.6 Å². The molecule has 1 N–H and O–H groups in total. The molecular formula is C28H22ClFN4O2. The van der Waals surface area contributed by atoms with E-state index < -0.39 is 0 Å². The monoisotopic (exact) mass is 500 g/mol. The number of amides is 1. The number of nitrogens with one attached hydrogen (secondary N) is 1. The highest BCUT2D eigenvalue weighted by Crippen LogP contribution is 2.31. The number of carbonyl (C=O) groups excluding carboxylic acids is 1. The van der Waals surface area contributed by atoms with Crippen LogP contribution in [0, 0.1) is 5.82 Å². The van der Waals surface area contributed by atoms with E-state index in [9.17, 15) is 9.18 Å². The lowest BCUT2D eigenvalue weighted by atomic mass is 10.1. The van der Waals surface area contributed by atoms with E-state index in [1.807, 2.05) is 59.5 Å². The predicted octanol–water partition coefficient (Wildman–Crippen LogP) is 6.72. The highest BCUT2D eigenvalue weighted by atomic mass is 35.5. The van der Waals surface area contributed by atoms with Crippen molar-refractivity contribution in [3.8, 4) is 11.4 Å². The minimum atomic E-state index is -0.359. The summed E-state index contributed by atoms with van der Waals surface area (Å²) in [5.41, 5.74) is 2.02. The Balaban J connectivity index is 1.49. The zero-order valence-electron chi connectivity index (χ0n) is 19.2. The molecule has 0 atom stereocenters. The summed E-state index contributed by atoms with van der Waals surface area (Å²) in [6.07, 6.45) is 1.79. The molecule has 0 fully saturated rings. The average molecular weight is 501 g/mol. The van der Waals surface area contributed by atoms with E-state index in [0.717, 1.165) is 22.2 Å². The van der Waals surface area contributed by atoms with Gasteiger partial charge in [-0.2, -0.15) is 0 Å². The molecular weight excluding hydrogens is 479 g/mol. The Hall–Kier alpha value is -4.23. The molecule has 6 nitrogen and oxygen atoms in total. The third-order valence-electron chi connectivity index (χ3n) is 5.66. The minimum absolute atomic E-state index is 0.178. The van der Waals surface area contributed by atoms with E-state index in [1.165, 1.54) is 24.3 Å². The number of nitrogens with zero attached hydrogens (tertiary/aromatic N) is 3. The molecule has 36 heavy (non-hydrogen) atoms. The fourth-order valence-corrected chi connectivity index (χ4v) is 4.13. The summed E-state index contributed by atoms with van der Waals surface area (Å²) >= 11 is 6.46. The second kappa shape index (κ2) is 10.6. The Morgan fingerprint density at radius 3 is 2.50 bits per heavy atom. The van der Waals surface area contributed by atoms with Gasteiger partial charge in [0.15, 0.2) is 5.82 Å². The van der Waals surface area contributed by atoms with Gasteiger partial charge >= 0.3 is 0 Å². The number of rotatable bonds is 8. The van der Waals surface area contributed by atoms with Crippen LogP contribution in [0.3, 0.4) is 0 Å². The third kappa shape index (κ3) is 5.37. The van der Waals surface area contributed by atoms with Gasteiger partial charge < -0.3 is 14.6 Å². The van der Waals surface area contributed by atoms with Crippen molar-refractivity contribution >= 4 is 39.9 Å². The Morgan fingerprint density at radius 1 is 0.944 bits per heavy atom. The summed E-state index contributed by atoms with van der Waals surface area (Å²) in [5.74, 6) is 1.34. The van der Waals surface area contributed by atoms with Gasteiger partial charge in [-0.15, -0.1) is 0 Å². The lowest BCUT2D eigenvalue weighted by Crippen LogP contribution is -2.28. The van der Waals surface area contributed by atoms with Gasteiger partial charge in [0.05, 0.1) is 23.3 Å². The molecule has 2 aromatic heterocycles. The van der Waals surface area contributed by atoms with Crippen molar-refractivity contribution in [2.24, 2.45) is 0 Å². The van der Waals surface area contributed by atoms with Crippen molar-refractivity contribution in [2.75, 3.05) is 16.8 Å². The van der Waals surface area contributed by atoms with Gasteiger partial charge in [0.1, 0.15) is 17.4 Å². The van der Waals surface area contributed by atoms with Crippen LogP contribution in [-0.4, -0.2) is 22.4 Å². The number of fused-ring (bicyclic) bond motifs is 1. The maximum atomic E-state index is 13.2. The quantitative estimate of drug-likeness (QED) is 0.256. The van der Waals surface area contributed by atoms with E-state index in [2.05, 4.69) is 5.32 Å². The molecule has 8 heteroatoms. The molecule has 3 aromatic carbocycles. The summed E-state index contributed by atoms with van der Waals surface area (Å²) in [4.78, 5) is 24.4. The number of hydrogen-bond acceptors (Lipinski definition) is 5. The van der Waals surface area contributed by atoms with Gasteiger partial charge in [-0.1, -0.05) is 35.9 Å². The Bertz CT molecular complexity index is 1490. The van der Waals surface area contributed by atoms with E-state index >= 15 is 0 Å². The van der Waals surface area contributed by atoms with Crippen LogP contribution in [0.5, 0.6) is 0 Å². The first kappa shape index (κ1) is 23.5. The number of anilines is 2. The summed E-state index contributed by atoms with van der Waals surface area (Å²) < 4.78 is 18.8. The first-order valence-electron chi connectivity index (χ1n) is 11.4. The van der Waals surface area contributed by atoms with Gasteiger partial charge in [-0.05, 0) is 60.7 Å². The molecule has 0 aliphatic rings. The topological polar surface area (TPSA) is 71.3 Å². The van der Waals surface area contributed by atoms with Crippen LogP contribution >= 0.6 is 11.6 Å². The number of hydrogen-bond donors (Lipinski definition) is 1. The fourth-order valence-electron chi connectivity index (χ4n) is 3.91. The number of benzene rings is 3. The molecule has 0 bridgehead atoms. The Kier molecular flexibility index (Phi) is 6.91. The number of furan rings is 1. The van der Waals surface area contributed by atoms with Crippen LogP contribution in [0.1, 0.15) is 12.2 Å². The molecule has 0 unspecified atom stereocenters. The van der Waals surface area contributed by atoms with Crippen molar-refractivity contribution in [3.05, 3.63) is 108 Å². The van der Waals surface area contributed by atoms with Crippen LogP contribution in [0.25, 0.3) is 22.3 Å².